The molecular weight excluding hydrogens is 278 g/mol. The number of aliphatic carboxylic acids is 1. The highest BCUT2D eigenvalue weighted by atomic mass is 32.2. The van der Waals surface area contributed by atoms with Gasteiger partial charge in [0.1, 0.15) is 0 Å². The molecule has 3 amide bonds. The average Bonchev–Trinajstić information content (AvgIpc) is 2.24. The summed E-state index contributed by atoms with van der Waals surface area (Å²) in [7, 11) is -3.35. The Labute approximate surface area is 109 Å². The molecule has 0 aromatic carbocycles. The van der Waals surface area contributed by atoms with Crippen molar-refractivity contribution in [3.8, 4) is 0 Å². The Hall–Kier alpha value is -1.84. The van der Waals surface area contributed by atoms with Gasteiger partial charge in [-0.25, -0.2) is 13.2 Å². The Morgan fingerprint density at radius 1 is 1.37 bits per heavy atom. The molecule has 0 saturated carbocycles. The van der Waals surface area contributed by atoms with Gasteiger partial charge in [0, 0.05) is 6.54 Å². The molecule has 4 N–H and O–H groups in total. The Balaban J connectivity index is 2.75. The van der Waals surface area contributed by atoms with Gasteiger partial charge in [-0.2, -0.15) is 0 Å². The number of hydrogen-bond acceptors (Lipinski definition) is 5. The second kappa shape index (κ2) is 5.87. The summed E-state index contributed by atoms with van der Waals surface area (Å²) in [5, 5.41) is 10.9. The maximum absolute atomic E-state index is 11.7. The standard InChI is InChI=1S/C9H15N3O6S/c10-7(13)4-11-9(16)12-1-2-19(17,18)5-6(12)3-8(14)15/h6H,1-5H2,(H2,10,13)(H,11,16)(H,14,15). The highest BCUT2D eigenvalue weighted by Crippen LogP contribution is 2.15. The number of carbonyl (C=O) groups excluding carboxylic acids is 2. The molecule has 1 unspecified atom stereocenters. The van der Waals surface area contributed by atoms with Crippen LogP contribution in [-0.4, -0.2) is 67.0 Å². The molecule has 1 fully saturated rings. The third kappa shape index (κ3) is 4.73. The minimum Gasteiger partial charge on any atom is -0.481 e. The number of nitrogens with two attached hydrogens (primary N) is 1. The van der Waals surface area contributed by atoms with Crippen LogP contribution in [0, 0.1) is 0 Å². The van der Waals surface area contributed by atoms with E-state index in [0.29, 0.717) is 0 Å². The van der Waals surface area contributed by atoms with Crippen molar-refractivity contribution >= 4 is 27.7 Å². The van der Waals surface area contributed by atoms with E-state index < -0.39 is 46.0 Å². The van der Waals surface area contributed by atoms with Crippen LogP contribution in [0.25, 0.3) is 0 Å². The summed E-state index contributed by atoms with van der Waals surface area (Å²) in [6.07, 6.45) is -0.469. The van der Waals surface area contributed by atoms with Crippen molar-refractivity contribution in [3.05, 3.63) is 0 Å². The van der Waals surface area contributed by atoms with Gasteiger partial charge >= 0.3 is 12.0 Å². The molecule has 108 valence electrons. The van der Waals surface area contributed by atoms with E-state index in [9.17, 15) is 22.8 Å². The van der Waals surface area contributed by atoms with Crippen molar-refractivity contribution in [2.24, 2.45) is 5.73 Å². The lowest BCUT2D eigenvalue weighted by Gasteiger charge is -2.34. The lowest BCUT2D eigenvalue weighted by Crippen LogP contribution is -2.55. The molecule has 10 heteroatoms. The van der Waals surface area contributed by atoms with E-state index in [1.165, 1.54) is 0 Å². The fraction of sp³-hybridized carbons (Fsp3) is 0.667. The second-order valence-corrected chi connectivity index (χ2v) is 6.41. The van der Waals surface area contributed by atoms with Crippen LogP contribution in [0.3, 0.4) is 0 Å². The molecule has 9 nitrogen and oxygen atoms in total. The van der Waals surface area contributed by atoms with E-state index in [2.05, 4.69) is 5.32 Å². The Kier molecular flexibility index (Phi) is 4.70. The Morgan fingerprint density at radius 2 is 2.00 bits per heavy atom. The van der Waals surface area contributed by atoms with Gasteiger partial charge in [0.2, 0.25) is 5.91 Å². The first-order chi connectivity index (χ1) is 8.71. The first-order valence-electron chi connectivity index (χ1n) is 5.46. The molecule has 1 saturated heterocycles. The van der Waals surface area contributed by atoms with Crippen LogP contribution in [0.1, 0.15) is 6.42 Å². The van der Waals surface area contributed by atoms with Gasteiger partial charge in [0.15, 0.2) is 9.84 Å². The van der Waals surface area contributed by atoms with Crippen molar-refractivity contribution in [1.82, 2.24) is 10.2 Å². The van der Waals surface area contributed by atoms with E-state index >= 15 is 0 Å². The number of hydrogen-bond donors (Lipinski definition) is 3. The molecule has 1 atom stereocenters. The summed E-state index contributed by atoms with van der Waals surface area (Å²) < 4.78 is 22.9. The summed E-state index contributed by atoms with van der Waals surface area (Å²) in [5.74, 6) is -2.57. The lowest BCUT2D eigenvalue weighted by atomic mass is 10.2. The molecule has 0 spiro atoms. The number of sulfone groups is 1. The monoisotopic (exact) mass is 293 g/mol. The van der Waals surface area contributed by atoms with Crippen LogP contribution in [0.5, 0.6) is 0 Å². The van der Waals surface area contributed by atoms with Gasteiger partial charge in [-0.3, -0.25) is 9.59 Å². The molecule has 1 aliphatic heterocycles. The Bertz CT molecular complexity index is 488. The van der Waals surface area contributed by atoms with Gasteiger partial charge in [-0.1, -0.05) is 0 Å². The summed E-state index contributed by atoms with van der Waals surface area (Å²) in [6.45, 7) is -0.493. The number of amides is 3. The van der Waals surface area contributed by atoms with E-state index in [0.717, 1.165) is 4.90 Å². The van der Waals surface area contributed by atoms with Crippen LogP contribution >= 0.6 is 0 Å². The SMILES string of the molecule is NC(=O)CNC(=O)N1CCS(=O)(=O)CC1CC(=O)O. The van der Waals surface area contributed by atoms with E-state index in [1.807, 2.05) is 0 Å². The summed E-state index contributed by atoms with van der Waals surface area (Å²) in [6, 6.07) is -1.64. The van der Waals surface area contributed by atoms with Crippen molar-refractivity contribution < 1.29 is 27.9 Å². The maximum atomic E-state index is 11.7. The van der Waals surface area contributed by atoms with Crippen LogP contribution in [0.15, 0.2) is 0 Å². The third-order valence-corrected chi connectivity index (χ3v) is 4.31. The van der Waals surface area contributed by atoms with Crippen LogP contribution < -0.4 is 11.1 Å². The highest BCUT2D eigenvalue weighted by Gasteiger charge is 2.35. The second-order valence-electron chi connectivity index (χ2n) is 4.18. The predicted octanol–water partition coefficient (Wildman–Crippen LogP) is -2.24. The van der Waals surface area contributed by atoms with Gasteiger partial charge in [-0.05, 0) is 0 Å². The van der Waals surface area contributed by atoms with Crippen LogP contribution in [0.4, 0.5) is 4.79 Å². The predicted molar refractivity (Wildman–Crippen MR) is 64.0 cm³/mol. The largest absolute Gasteiger partial charge is 0.481 e. The topological polar surface area (TPSA) is 147 Å². The van der Waals surface area contributed by atoms with Gasteiger partial charge in [-0.15, -0.1) is 0 Å². The smallest absolute Gasteiger partial charge is 0.318 e. The molecule has 1 aliphatic rings. The number of nitrogens with one attached hydrogen (secondary N) is 1. The molecule has 0 radical (unpaired) electrons. The molecule has 0 aromatic heterocycles. The zero-order valence-electron chi connectivity index (χ0n) is 10.0. The van der Waals surface area contributed by atoms with Gasteiger partial charge in [0.05, 0.1) is 30.5 Å². The highest BCUT2D eigenvalue weighted by molar-refractivity contribution is 7.91. The van der Waals surface area contributed by atoms with Gasteiger partial charge < -0.3 is 21.1 Å². The van der Waals surface area contributed by atoms with Crippen LogP contribution in [0.2, 0.25) is 0 Å². The molecule has 19 heavy (non-hydrogen) atoms. The number of urea groups is 1. The maximum Gasteiger partial charge on any atom is 0.318 e. The van der Waals surface area contributed by atoms with Crippen molar-refractivity contribution in [2.75, 3.05) is 24.6 Å². The first kappa shape index (κ1) is 15.2. The first-order valence-corrected chi connectivity index (χ1v) is 7.28. The summed E-state index contributed by atoms with van der Waals surface area (Å²) in [4.78, 5) is 34.1. The molecule has 0 aliphatic carbocycles. The molecule has 1 rings (SSSR count). The molecule has 0 bridgehead atoms. The number of nitrogens with zero attached hydrogens (tertiary/aromatic N) is 1. The quantitative estimate of drug-likeness (QED) is 0.533. The normalized spacial score (nSPS) is 21.7. The van der Waals surface area contributed by atoms with E-state index in [4.69, 9.17) is 10.8 Å². The molecular formula is C9H15N3O6S. The zero-order valence-corrected chi connectivity index (χ0v) is 10.9. The van der Waals surface area contributed by atoms with Crippen molar-refractivity contribution in [3.63, 3.8) is 0 Å². The number of carboxylic acids is 1. The Morgan fingerprint density at radius 3 is 2.53 bits per heavy atom. The number of carbonyl (C=O) groups is 3. The minimum absolute atomic E-state index is 0.106. The van der Waals surface area contributed by atoms with E-state index in [-0.39, 0.29) is 18.8 Å². The number of rotatable bonds is 4. The summed E-state index contributed by atoms with van der Waals surface area (Å²) >= 11 is 0. The van der Waals surface area contributed by atoms with Crippen LogP contribution in [-0.2, 0) is 19.4 Å². The van der Waals surface area contributed by atoms with Crippen molar-refractivity contribution in [1.29, 1.82) is 0 Å². The fourth-order valence-corrected chi connectivity index (χ4v) is 3.31. The fourth-order valence-electron chi connectivity index (χ4n) is 1.79. The summed E-state index contributed by atoms with van der Waals surface area (Å²) in [5.41, 5.74) is 4.87. The van der Waals surface area contributed by atoms with Crippen molar-refractivity contribution in [2.45, 2.75) is 12.5 Å². The lowest BCUT2D eigenvalue weighted by molar-refractivity contribution is -0.138. The zero-order chi connectivity index (χ0) is 14.6. The minimum atomic E-state index is -3.35. The third-order valence-electron chi connectivity index (χ3n) is 2.62. The molecule has 1 heterocycles. The number of primary amides is 1. The molecule has 0 aromatic rings. The van der Waals surface area contributed by atoms with E-state index in [1.54, 1.807) is 0 Å². The average molecular weight is 293 g/mol. The number of carboxylic acid groups (broad SMARTS) is 1. The van der Waals surface area contributed by atoms with Gasteiger partial charge in [0.25, 0.3) is 0 Å².